The van der Waals surface area contributed by atoms with E-state index in [4.69, 9.17) is 15.9 Å². The van der Waals surface area contributed by atoms with Crippen LogP contribution >= 0.6 is 0 Å². The van der Waals surface area contributed by atoms with Crippen molar-refractivity contribution in [3.05, 3.63) is 0 Å². The summed E-state index contributed by atoms with van der Waals surface area (Å²) in [4.78, 5) is 34.2. The minimum Gasteiger partial charge on any atom is -0.481 e. The van der Waals surface area contributed by atoms with Gasteiger partial charge in [-0.3, -0.25) is 14.4 Å². The molecule has 7 heteroatoms. The lowest BCUT2D eigenvalue weighted by molar-refractivity contribution is -0.143. The lowest BCUT2D eigenvalue weighted by Gasteiger charge is -2.28. The number of nitrogens with two attached hydrogens (primary N) is 1. The predicted molar refractivity (Wildman–Crippen MR) is 63.9 cm³/mol. The summed E-state index contributed by atoms with van der Waals surface area (Å²) in [7, 11) is 0. The van der Waals surface area contributed by atoms with E-state index >= 15 is 0 Å². The van der Waals surface area contributed by atoms with E-state index in [1.807, 2.05) is 0 Å². The monoisotopic (exact) mass is 260 g/mol. The van der Waals surface area contributed by atoms with Gasteiger partial charge in [-0.1, -0.05) is 0 Å². The first-order valence-electron chi connectivity index (χ1n) is 5.75. The lowest BCUT2D eigenvalue weighted by Crippen LogP contribution is -2.48. The molecule has 0 rings (SSSR count). The summed E-state index contributed by atoms with van der Waals surface area (Å²) in [5.74, 6) is -2.52. The van der Waals surface area contributed by atoms with Crippen molar-refractivity contribution in [1.82, 2.24) is 4.90 Å². The fourth-order valence-corrected chi connectivity index (χ4v) is 1.51. The van der Waals surface area contributed by atoms with Gasteiger partial charge in [0.2, 0.25) is 5.91 Å². The van der Waals surface area contributed by atoms with Crippen LogP contribution in [0.2, 0.25) is 0 Å². The zero-order valence-electron chi connectivity index (χ0n) is 10.6. The molecule has 0 spiro atoms. The number of hydrogen-bond acceptors (Lipinski definition) is 4. The molecule has 4 N–H and O–H groups in total. The number of carboxylic acid groups (broad SMARTS) is 2. The van der Waals surface area contributed by atoms with E-state index in [0.29, 0.717) is 6.42 Å². The minimum atomic E-state index is -1.13. The smallest absolute Gasteiger partial charge is 0.305 e. The van der Waals surface area contributed by atoms with Gasteiger partial charge in [0.1, 0.15) is 0 Å². The Labute approximate surface area is 106 Å². The van der Waals surface area contributed by atoms with Gasteiger partial charge in [-0.15, -0.1) is 0 Å². The zero-order chi connectivity index (χ0) is 14.3. The fraction of sp³-hybridized carbons (Fsp3) is 0.727. The van der Waals surface area contributed by atoms with E-state index in [1.165, 1.54) is 4.90 Å². The maximum absolute atomic E-state index is 11.9. The first-order chi connectivity index (χ1) is 8.25. The van der Waals surface area contributed by atoms with Gasteiger partial charge in [0.15, 0.2) is 0 Å². The second-order valence-corrected chi connectivity index (χ2v) is 4.33. The van der Waals surface area contributed by atoms with E-state index in [0.717, 1.165) is 0 Å². The van der Waals surface area contributed by atoms with Crippen LogP contribution in [-0.2, 0) is 14.4 Å². The Morgan fingerprint density at radius 2 is 1.72 bits per heavy atom. The van der Waals surface area contributed by atoms with Crippen molar-refractivity contribution in [3.8, 4) is 0 Å². The van der Waals surface area contributed by atoms with E-state index in [-0.39, 0.29) is 19.0 Å². The number of amides is 1. The SMILES string of the molecule is CC(C)N(CCCC(=O)O)C(=O)C(N)CC(=O)O. The summed E-state index contributed by atoms with van der Waals surface area (Å²) in [6, 6.07) is -1.24. The van der Waals surface area contributed by atoms with Gasteiger partial charge in [-0.05, 0) is 20.3 Å². The first-order valence-corrected chi connectivity index (χ1v) is 5.75. The van der Waals surface area contributed by atoms with Gasteiger partial charge in [-0.25, -0.2) is 0 Å². The highest BCUT2D eigenvalue weighted by atomic mass is 16.4. The quantitative estimate of drug-likeness (QED) is 0.560. The topological polar surface area (TPSA) is 121 Å². The number of aliphatic carboxylic acids is 2. The maximum atomic E-state index is 11.9. The van der Waals surface area contributed by atoms with Crippen LogP contribution in [0.3, 0.4) is 0 Å². The second-order valence-electron chi connectivity index (χ2n) is 4.33. The van der Waals surface area contributed by atoms with Crippen LogP contribution < -0.4 is 5.73 Å². The van der Waals surface area contributed by atoms with Gasteiger partial charge in [-0.2, -0.15) is 0 Å². The molecule has 0 aliphatic carbocycles. The molecule has 1 unspecified atom stereocenters. The van der Waals surface area contributed by atoms with Crippen LogP contribution in [0.15, 0.2) is 0 Å². The van der Waals surface area contributed by atoms with E-state index < -0.39 is 30.3 Å². The van der Waals surface area contributed by atoms with Gasteiger partial charge in [0.25, 0.3) is 0 Å². The Bertz CT molecular complexity index is 317. The number of carboxylic acids is 2. The molecule has 7 nitrogen and oxygen atoms in total. The average molecular weight is 260 g/mol. The van der Waals surface area contributed by atoms with Crippen molar-refractivity contribution >= 4 is 17.8 Å². The molecule has 0 fully saturated rings. The van der Waals surface area contributed by atoms with Crippen molar-refractivity contribution in [1.29, 1.82) is 0 Å². The highest BCUT2D eigenvalue weighted by Gasteiger charge is 2.24. The largest absolute Gasteiger partial charge is 0.481 e. The molecule has 0 aliphatic heterocycles. The molecule has 104 valence electrons. The molecule has 0 saturated carbocycles. The molecule has 0 aromatic rings. The average Bonchev–Trinajstić information content (AvgIpc) is 2.21. The summed E-state index contributed by atoms with van der Waals surface area (Å²) < 4.78 is 0. The number of nitrogens with zero attached hydrogens (tertiary/aromatic N) is 1. The van der Waals surface area contributed by atoms with Gasteiger partial charge in [0.05, 0.1) is 12.5 Å². The molecule has 0 radical (unpaired) electrons. The number of rotatable bonds is 8. The van der Waals surface area contributed by atoms with Gasteiger partial charge >= 0.3 is 11.9 Å². The second kappa shape index (κ2) is 7.65. The number of hydrogen-bond donors (Lipinski definition) is 3. The normalized spacial score (nSPS) is 12.2. The zero-order valence-corrected chi connectivity index (χ0v) is 10.6. The molecular formula is C11H20N2O5. The molecule has 1 amide bonds. The Morgan fingerprint density at radius 1 is 1.17 bits per heavy atom. The Morgan fingerprint density at radius 3 is 2.11 bits per heavy atom. The van der Waals surface area contributed by atoms with E-state index in [9.17, 15) is 14.4 Å². The van der Waals surface area contributed by atoms with Gasteiger partial charge in [0, 0.05) is 19.0 Å². The van der Waals surface area contributed by atoms with Crippen LogP contribution in [0.4, 0.5) is 0 Å². The molecule has 1 atom stereocenters. The Hall–Kier alpha value is -1.63. The van der Waals surface area contributed by atoms with Crippen LogP contribution in [0.25, 0.3) is 0 Å². The van der Waals surface area contributed by atoms with Crippen molar-refractivity contribution in [3.63, 3.8) is 0 Å². The fourth-order valence-electron chi connectivity index (χ4n) is 1.51. The summed E-state index contributed by atoms with van der Waals surface area (Å²) in [5.41, 5.74) is 5.50. The van der Waals surface area contributed by atoms with Crippen molar-refractivity contribution in [2.24, 2.45) is 5.73 Å². The van der Waals surface area contributed by atoms with Gasteiger partial charge < -0.3 is 20.8 Å². The number of carbonyl (C=O) groups excluding carboxylic acids is 1. The van der Waals surface area contributed by atoms with Crippen molar-refractivity contribution in [2.45, 2.75) is 45.2 Å². The minimum absolute atomic E-state index is 0.0370. The standard InChI is InChI=1S/C11H20N2O5/c1-7(2)13(5-3-4-9(14)15)11(18)8(12)6-10(16)17/h7-8H,3-6,12H2,1-2H3,(H,14,15)(H,16,17). The summed E-state index contributed by atoms with van der Waals surface area (Å²) in [5, 5.41) is 17.1. The third-order valence-corrected chi connectivity index (χ3v) is 2.41. The Balaban J connectivity index is 4.44. The summed E-state index contributed by atoms with van der Waals surface area (Å²) >= 11 is 0. The molecule has 0 aliphatic rings. The lowest BCUT2D eigenvalue weighted by atomic mass is 10.1. The molecule has 0 aromatic heterocycles. The Kier molecular flexibility index (Phi) is 6.96. The highest BCUT2D eigenvalue weighted by molar-refractivity contribution is 5.86. The third kappa shape index (κ3) is 6.19. The molecule has 18 heavy (non-hydrogen) atoms. The van der Waals surface area contributed by atoms with Crippen LogP contribution in [0, 0.1) is 0 Å². The van der Waals surface area contributed by atoms with E-state index in [2.05, 4.69) is 0 Å². The summed E-state index contributed by atoms with van der Waals surface area (Å²) in [6.45, 7) is 3.80. The first kappa shape index (κ1) is 16.4. The van der Waals surface area contributed by atoms with Crippen molar-refractivity contribution < 1.29 is 24.6 Å². The maximum Gasteiger partial charge on any atom is 0.305 e. The van der Waals surface area contributed by atoms with Crippen LogP contribution in [-0.4, -0.2) is 51.6 Å². The summed E-state index contributed by atoms with van der Waals surface area (Å²) in [6.07, 6.45) is -0.148. The van der Waals surface area contributed by atoms with Crippen molar-refractivity contribution in [2.75, 3.05) is 6.54 Å². The molecule has 0 aromatic carbocycles. The number of carbonyl (C=O) groups is 3. The molecule has 0 heterocycles. The van der Waals surface area contributed by atoms with Crippen LogP contribution in [0.1, 0.15) is 33.1 Å². The third-order valence-electron chi connectivity index (χ3n) is 2.41. The highest BCUT2D eigenvalue weighted by Crippen LogP contribution is 2.06. The predicted octanol–water partition coefficient (Wildman–Crippen LogP) is -0.110. The van der Waals surface area contributed by atoms with Crippen LogP contribution in [0.5, 0.6) is 0 Å². The molecular weight excluding hydrogens is 240 g/mol. The molecule has 0 saturated heterocycles. The molecule has 0 bridgehead atoms. The van der Waals surface area contributed by atoms with E-state index in [1.54, 1.807) is 13.8 Å².